The highest BCUT2D eigenvalue weighted by Gasteiger charge is 2.29. The summed E-state index contributed by atoms with van der Waals surface area (Å²) in [7, 11) is 0. The van der Waals surface area contributed by atoms with Crippen molar-refractivity contribution in [1.82, 2.24) is 0 Å². The number of ether oxygens (including phenoxy) is 1. The highest BCUT2D eigenvalue weighted by atomic mass is 32.2. The number of thioether (sulfide) groups is 2. The van der Waals surface area contributed by atoms with Gasteiger partial charge < -0.3 is 4.74 Å². The summed E-state index contributed by atoms with van der Waals surface area (Å²) in [6.45, 7) is 0.763. The molecule has 1 saturated heterocycles. The van der Waals surface area contributed by atoms with Crippen LogP contribution in [0.2, 0.25) is 0 Å². The molecule has 1 aliphatic heterocycles. The summed E-state index contributed by atoms with van der Waals surface area (Å²) in [4.78, 5) is 0. The molecule has 18 heavy (non-hydrogen) atoms. The molecule has 0 N–H and O–H groups in total. The van der Waals surface area contributed by atoms with E-state index >= 15 is 0 Å². The third-order valence-corrected chi connectivity index (χ3v) is 5.90. The van der Waals surface area contributed by atoms with Gasteiger partial charge in [0.15, 0.2) is 0 Å². The van der Waals surface area contributed by atoms with Crippen LogP contribution in [-0.4, -0.2) is 41.6 Å². The lowest BCUT2D eigenvalue weighted by molar-refractivity contribution is 0.120. The Labute approximate surface area is 116 Å². The molecule has 5 heteroatoms. The number of hydrogen-bond acceptors (Lipinski definition) is 3. The van der Waals surface area contributed by atoms with Crippen LogP contribution in [0.5, 0.6) is 0 Å². The minimum absolute atomic E-state index is 0.0451. The number of hydrogen-bond donors (Lipinski definition) is 0. The maximum Gasteiger partial charge on any atom is 0.121 e. The Morgan fingerprint density at radius 3 is 2.72 bits per heavy atom. The maximum atomic E-state index is 13.6. The van der Waals surface area contributed by atoms with Crippen LogP contribution in [0.25, 0.3) is 0 Å². The summed E-state index contributed by atoms with van der Waals surface area (Å²) >= 11 is 3.58. The van der Waals surface area contributed by atoms with Gasteiger partial charge in [0.2, 0.25) is 0 Å². The minimum atomic E-state index is -1.03. The minimum Gasteiger partial charge on any atom is -0.362 e. The monoisotopic (exact) mass is 294 g/mol. The predicted molar refractivity (Wildman–Crippen MR) is 75.8 cm³/mol. The molecular formula is C13H20F2OS2. The Bertz CT molecular complexity index is 280. The van der Waals surface area contributed by atoms with Gasteiger partial charge in [-0.2, -0.15) is 11.8 Å². The first-order valence-corrected chi connectivity index (χ1v) is 8.75. The van der Waals surface area contributed by atoms with Gasteiger partial charge in [-0.3, -0.25) is 0 Å². The summed E-state index contributed by atoms with van der Waals surface area (Å²) < 4.78 is 32.3. The molecule has 0 bridgehead atoms. The number of allylic oxidation sites excluding steroid dienone is 1. The van der Waals surface area contributed by atoms with E-state index in [-0.39, 0.29) is 17.8 Å². The molecule has 2 aliphatic rings. The van der Waals surface area contributed by atoms with E-state index in [1.807, 2.05) is 23.9 Å². The first-order valence-electron chi connectivity index (χ1n) is 6.41. The average molecular weight is 294 g/mol. The summed E-state index contributed by atoms with van der Waals surface area (Å²) in [6.07, 6.45) is 5.12. The van der Waals surface area contributed by atoms with E-state index in [1.165, 1.54) is 0 Å². The highest BCUT2D eigenvalue weighted by molar-refractivity contribution is 8.03. The molecule has 104 valence electrons. The van der Waals surface area contributed by atoms with Crippen LogP contribution < -0.4 is 0 Å². The van der Waals surface area contributed by atoms with E-state index in [0.29, 0.717) is 18.1 Å². The Morgan fingerprint density at radius 1 is 1.28 bits per heavy atom. The lowest BCUT2D eigenvalue weighted by atomic mass is 9.86. The number of rotatable bonds is 3. The first kappa shape index (κ1) is 14.7. The third-order valence-electron chi connectivity index (χ3n) is 3.50. The zero-order valence-corrected chi connectivity index (χ0v) is 12.2. The topological polar surface area (TPSA) is 9.23 Å². The van der Waals surface area contributed by atoms with Crippen LogP contribution in [0.4, 0.5) is 8.78 Å². The molecule has 0 aromatic rings. The zero-order valence-electron chi connectivity index (χ0n) is 10.6. The Morgan fingerprint density at radius 2 is 2.11 bits per heavy atom. The second-order valence-electron chi connectivity index (χ2n) is 4.87. The molecule has 1 saturated carbocycles. The van der Waals surface area contributed by atoms with Crippen molar-refractivity contribution < 1.29 is 13.5 Å². The van der Waals surface area contributed by atoms with Crippen LogP contribution in [0, 0.1) is 5.92 Å². The third kappa shape index (κ3) is 4.14. The summed E-state index contributed by atoms with van der Waals surface area (Å²) in [5.74, 6) is 0.950. The second kappa shape index (κ2) is 7.15. The van der Waals surface area contributed by atoms with Gasteiger partial charge in [-0.25, -0.2) is 8.78 Å². The molecule has 5 unspecified atom stereocenters. The van der Waals surface area contributed by atoms with Crippen molar-refractivity contribution in [2.45, 2.75) is 42.3 Å². The molecule has 2 rings (SSSR count). The molecule has 0 radical (unpaired) electrons. The van der Waals surface area contributed by atoms with Crippen molar-refractivity contribution in [3.8, 4) is 0 Å². The fourth-order valence-corrected chi connectivity index (χ4v) is 4.16. The lowest BCUT2D eigenvalue weighted by Gasteiger charge is -2.28. The van der Waals surface area contributed by atoms with Crippen molar-refractivity contribution in [3.05, 3.63) is 12.2 Å². The van der Waals surface area contributed by atoms with Crippen LogP contribution in [0.15, 0.2) is 12.2 Å². The van der Waals surface area contributed by atoms with Gasteiger partial charge in [-0.15, -0.1) is 11.8 Å². The van der Waals surface area contributed by atoms with Gasteiger partial charge in [-0.05, 0) is 25.2 Å². The van der Waals surface area contributed by atoms with Crippen LogP contribution in [0.1, 0.15) is 19.3 Å². The Hall–Kier alpha value is 0.260. The molecule has 1 aliphatic carbocycles. The number of alkyl halides is 2. The molecule has 5 atom stereocenters. The van der Waals surface area contributed by atoms with E-state index < -0.39 is 12.3 Å². The largest absolute Gasteiger partial charge is 0.362 e. The van der Waals surface area contributed by atoms with Gasteiger partial charge in [0.25, 0.3) is 0 Å². The van der Waals surface area contributed by atoms with Crippen molar-refractivity contribution in [2.75, 3.05) is 18.6 Å². The highest BCUT2D eigenvalue weighted by Crippen LogP contribution is 2.32. The summed E-state index contributed by atoms with van der Waals surface area (Å²) in [5.41, 5.74) is 0.0451. The Balaban J connectivity index is 1.77. The van der Waals surface area contributed by atoms with Gasteiger partial charge in [0.05, 0.1) is 6.61 Å². The normalized spacial score (nSPS) is 42.3. The van der Waals surface area contributed by atoms with E-state index in [9.17, 15) is 8.78 Å². The summed E-state index contributed by atoms with van der Waals surface area (Å²) in [6, 6.07) is 0. The standard InChI is InChI=1S/C13H20F2OS2/c1-17-11-7-16-13(18-8-11)5-3-9-2-4-10(14)6-12(9)15/h3,5,9-13H,2,4,6-8H2,1H3/b5-3+. The maximum absolute atomic E-state index is 13.6. The van der Waals surface area contributed by atoms with Crippen LogP contribution in [0.3, 0.4) is 0 Å². The second-order valence-corrected chi connectivity index (χ2v) is 7.14. The average Bonchev–Trinajstić information content (AvgIpc) is 2.38. The van der Waals surface area contributed by atoms with E-state index in [0.717, 1.165) is 12.4 Å². The molecule has 0 aromatic heterocycles. The predicted octanol–water partition coefficient (Wildman–Crippen LogP) is 3.84. The molecule has 1 nitrogen and oxygen atoms in total. The molecule has 0 spiro atoms. The fourth-order valence-electron chi connectivity index (χ4n) is 2.29. The quantitative estimate of drug-likeness (QED) is 0.732. The molecule has 2 fully saturated rings. The van der Waals surface area contributed by atoms with Crippen molar-refractivity contribution in [1.29, 1.82) is 0 Å². The molecule has 0 aromatic carbocycles. The van der Waals surface area contributed by atoms with Crippen molar-refractivity contribution in [2.24, 2.45) is 5.92 Å². The first-order chi connectivity index (χ1) is 8.69. The van der Waals surface area contributed by atoms with Gasteiger partial charge in [0, 0.05) is 23.3 Å². The van der Waals surface area contributed by atoms with E-state index in [2.05, 4.69) is 6.26 Å². The molecular weight excluding hydrogens is 274 g/mol. The molecule has 1 heterocycles. The SMILES string of the molecule is CSC1COC(/C=C/C2CCC(F)CC2F)SC1. The molecule has 0 amide bonds. The number of halogens is 2. The van der Waals surface area contributed by atoms with Gasteiger partial charge >= 0.3 is 0 Å². The van der Waals surface area contributed by atoms with Gasteiger partial charge in [-0.1, -0.05) is 6.08 Å². The zero-order chi connectivity index (χ0) is 13.0. The van der Waals surface area contributed by atoms with E-state index in [4.69, 9.17) is 4.74 Å². The van der Waals surface area contributed by atoms with Crippen LogP contribution >= 0.6 is 23.5 Å². The smallest absolute Gasteiger partial charge is 0.121 e. The lowest BCUT2D eigenvalue weighted by Crippen LogP contribution is -2.27. The van der Waals surface area contributed by atoms with Crippen molar-refractivity contribution in [3.63, 3.8) is 0 Å². The van der Waals surface area contributed by atoms with Crippen LogP contribution in [-0.2, 0) is 4.74 Å². The van der Waals surface area contributed by atoms with Gasteiger partial charge in [0.1, 0.15) is 17.8 Å². The van der Waals surface area contributed by atoms with Crippen molar-refractivity contribution >= 4 is 23.5 Å². The summed E-state index contributed by atoms with van der Waals surface area (Å²) in [5, 5.41) is 0.565. The fraction of sp³-hybridized carbons (Fsp3) is 0.846. The van der Waals surface area contributed by atoms with E-state index in [1.54, 1.807) is 11.8 Å². The Kier molecular flexibility index (Phi) is 5.83.